The molecule has 1 amide bonds. The number of rotatable bonds is 5. The highest BCUT2D eigenvalue weighted by Gasteiger charge is 2.36. The van der Waals surface area contributed by atoms with Crippen LogP contribution in [0.25, 0.3) is 0 Å². The zero-order valence-corrected chi connectivity index (χ0v) is 13.7. The number of sulfonamides is 1. The Morgan fingerprint density at radius 1 is 1.40 bits per heavy atom. The van der Waals surface area contributed by atoms with Gasteiger partial charge in [0, 0.05) is 6.04 Å². The Morgan fingerprint density at radius 3 is 2.45 bits per heavy atom. The van der Waals surface area contributed by atoms with Crippen LogP contribution < -0.4 is 5.73 Å². The number of thiophene rings is 1. The van der Waals surface area contributed by atoms with Crippen molar-refractivity contribution in [2.45, 2.75) is 36.6 Å². The minimum absolute atomic E-state index is 0.0534. The fourth-order valence-corrected chi connectivity index (χ4v) is 6.15. The minimum Gasteiger partial charge on any atom is -0.369 e. The average molecular weight is 357 g/mol. The quantitative estimate of drug-likeness (QED) is 0.879. The second kappa shape index (κ2) is 6.19. The molecule has 1 fully saturated rings. The van der Waals surface area contributed by atoms with Gasteiger partial charge in [0.1, 0.15) is 9.23 Å². The predicted molar refractivity (Wildman–Crippen MR) is 79.7 cm³/mol. The summed E-state index contributed by atoms with van der Waals surface area (Å²) >= 11 is 12.7. The standard InChI is InChI=1S/C11H14Cl2N2O3S2/c12-9-5-8(11(13)19-9)20(17,18)15(6-10(14)16)7-3-1-2-4-7/h5,7H,1-4,6H2,(H2,14,16). The van der Waals surface area contributed by atoms with Crippen molar-refractivity contribution in [2.75, 3.05) is 6.54 Å². The molecule has 0 aliphatic heterocycles. The van der Waals surface area contributed by atoms with Gasteiger partial charge in [-0.2, -0.15) is 4.31 Å². The van der Waals surface area contributed by atoms with E-state index in [4.69, 9.17) is 28.9 Å². The SMILES string of the molecule is NC(=O)CN(C1CCCC1)S(=O)(=O)c1cc(Cl)sc1Cl. The Hall–Kier alpha value is -0.340. The molecule has 112 valence electrons. The van der Waals surface area contributed by atoms with E-state index in [0.29, 0.717) is 4.34 Å². The van der Waals surface area contributed by atoms with Gasteiger partial charge in [-0.1, -0.05) is 36.0 Å². The second-order valence-electron chi connectivity index (χ2n) is 4.64. The predicted octanol–water partition coefficient (Wildman–Crippen LogP) is 2.47. The molecule has 0 bridgehead atoms. The highest BCUT2D eigenvalue weighted by atomic mass is 35.5. The summed E-state index contributed by atoms with van der Waals surface area (Å²) in [6.07, 6.45) is 3.32. The van der Waals surface area contributed by atoms with Crippen molar-refractivity contribution in [3.63, 3.8) is 0 Å². The molecule has 1 heterocycles. The Kier molecular flexibility index (Phi) is 4.96. The minimum atomic E-state index is -3.86. The van der Waals surface area contributed by atoms with Gasteiger partial charge in [0.15, 0.2) is 0 Å². The van der Waals surface area contributed by atoms with Crippen molar-refractivity contribution in [3.8, 4) is 0 Å². The molecule has 0 unspecified atom stereocenters. The van der Waals surface area contributed by atoms with Gasteiger partial charge in [-0.25, -0.2) is 8.42 Å². The number of nitrogens with zero attached hydrogens (tertiary/aromatic N) is 1. The number of primary amides is 1. The zero-order valence-electron chi connectivity index (χ0n) is 10.5. The van der Waals surface area contributed by atoms with Crippen LogP contribution in [0, 0.1) is 0 Å². The van der Waals surface area contributed by atoms with Crippen LogP contribution in [0.2, 0.25) is 8.67 Å². The van der Waals surface area contributed by atoms with Crippen LogP contribution in [0.3, 0.4) is 0 Å². The van der Waals surface area contributed by atoms with Gasteiger partial charge in [0.25, 0.3) is 0 Å². The number of amides is 1. The topological polar surface area (TPSA) is 80.5 Å². The summed E-state index contributed by atoms with van der Waals surface area (Å²) in [6, 6.07) is 1.11. The molecule has 2 rings (SSSR count). The summed E-state index contributed by atoms with van der Waals surface area (Å²) in [4.78, 5) is 11.1. The third kappa shape index (κ3) is 3.28. The highest BCUT2D eigenvalue weighted by molar-refractivity contribution is 7.89. The van der Waals surface area contributed by atoms with E-state index in [-0.39, 0.29) is 21.8 Å². The maximum atomic E-state index is 12.7. The summed E-state index contributed by atoms with van der Waals surface area (Å²) in [5.41, 5.74) is 5.18. The molecule has 2 N–H and O–H groups in total. The van der Waals surface area contributed by atoms with E-state index in [2.05, 4.69) is 0 Å². The maximum Gasteiger partial charge on any atom is 0.246 e. The molecule has 1 aliphatic carbocycles. The summed E-state index contributed by atoms with van der Waals surface area (Å²) in [5.74, 6) is -0.682. The van der Waals surface area contributed by atoms with E-state index in [1.54, 1.807) is 0 Å². The molecule has 0 atom stereocenters. The number of hydrogen-bond donors (Lipinski definition) is 1. The van der Waals surface area contributed by atoms with Gasteiger partial charge in [0.05, 0.1) is 10.9 Å². The maximum absolute atomic E-state index is 12.7. The van der Waals surface area contributed by atoms with Crippen LogP contribution >= 0.6 is 34.5 Å². The normalized spacial score (nSPS) is 16.9. The van der Waals surface area contributed by atoms with Crippen molar-refractivity contribution in [1.29, 1.82) is 0 Å². The molecule has 5 nitrogen and oxygen atoms in total. The molecular formula is C11H14Cl2N2O3S2. The Morgan fingerprint density at radius 2 is 2.00 bits per heavy atom. The van der Waals surface area contributed by atoms with Gasteiger partial charge < -0.3 is 5.73 Å². The Balaban J connectivity index is 2.40. The Labute approximate surface area is 131 Å². The lowest BCUT2D eigenvalue weighted by Gasteiger charge is -2.26. The molecular weight excluding hydrogens is 343 g/mol. The molecule has 0 saturated heterocycles. The molecule has 0 aromatic carbocycles. The van der Waals surface area contributed by atoms with Crippen molar-refractivity contribution in [2.24, 2.45) is 5.73 Å². The molecule has 9 heteroatoms. The van der Waals surface area contributed by atoms with Crippen LogP contribution in [-0.2, 0) is 14.8 Å². The molecule has 1 aromatic rings. The summed E-state index contributed by atoms with van der Waals surface area (Å²) in [6.45, 7) is -0.337. The number of hydrogen-bond acceptors (Lipinski definition) is 4. The first kappa shape index (κ1) is 16.0. The van der Waals surface area contributed by atoms with Gasteiger partial charge >= 0.3 is 0 Å². The van der Waals surface area contributed by atoms with E-state index < -0.39 is 15.9 Å². The van der Waals surface area contributed by atoms with Crippen molar-refractivity contribution in [1.82, 2.24) is 4.31 Å². The van der Waals surface area contributed by atoms with Crippen LogP contribution in [-0.4, -0.2) is 31.2 Å². The lowest BCUT2D eigenvalue weighted by molar-refractivity contribution is -0.118. The van der Waals surface area contributed by atoms with Crippen LogP contribution in [0.5, 0.6) is 0 Å². The second-order valence-corrected chi connectivity index (χ2v) is 8.79. The van der Waals surface area contributed by atoms with Crippen LogP contribution in [0.4, 0.5) is 0 Å². The first-order chi connectivity index (χ1) is 9.32. The lowest BCUT2D eigenvalue weighted by Crippen LogP contribution is -2.44. The lowest BCUT2D eigenvalue weighted by atomic mass is 10.2. The average Bonchev–Trinajstić information content (AvgIpc) is 2.95. The van der Waals surface area contributed by atoms with E-state index in [1.165, 1.54) is 6.07 Å². The van der Waals surface area contributed by atoms with Gasteiger partial charge in [-0.3, -0.25) is 4.79 Å². The highest BCUT2D eigenvalue weighted by Crippen LogP contribution is 2.37. The number of nitrogens with two attached hydrogens (primary N) is 1. The summed E-state index contributed by atoms with van der Waals surface area (Å²) in [5, 5.41) is 0. The van der Waals surface area contributed by atoms with E-state index in [0.717, 1.165) is 41.3 Å². The Bertz CT molecular complexity index is 609. The molecule has 1 aromatic heterocycles. The number of carbonyl (C=O) groups excluding carboxylic acids is 1. The summed E-state index contributed by atoms with van der Waals surface area (Å²) in [7, 11) is -3.86. The monoisotopic (exact) mass is 356 g/mol. The fourth-order valence-electron chi connectivity index (χ4n) is 2.38. The zero-order chi connectivity index (χ0) is 14.9. The first-order valence-electron chi connectivity index (χ1n) is 6.07. The van der Waals surface area contributed by atoms with Gasteiger partial charge in [0.2, 0.25) is 15.9 Å². The van der Waals surface area contributed by atoms with Crippen LogP contribution in [0.1, 0.15) is 25.7 Å². The third-order valence-electron chi connectivity index (χ3n) is 3.26. The number of halogens is 2. The summed E-state index contributed by atoms with van der Waals surface area (Å²) < 4.78 is 26.9. The molecule has 1 saturated carbocycles. The third-order valence-corrected chi connectivity index (χ3v) is 6.91. The van der Waals surface area contributed by atoms with Gasteiger partial charge in [-0.05, 0) is 18.9 Å². The van der Waals surface area contributed by atoms with Crippen LogP contribution in [0.15, 0.2) is 11.0 Å². The van der Waals surface area contributed by atoms with E-state index >= 15 is 0 Å². The van der Waals surface area contributed by atoms with Crippen molar-refractivity contribution >= 4 is 50.5 Å². The van der Waals surface area contributed by atoms with E-state index in [1.807, 2.05) is 0 Å². The van der Waals surface area contributed by atoms with Crippen molar-refractivity contribution in [3.05, 3.63) is 14.7 Å². The van der Waals surface area contributed by atoms with Crippen molar-refractivity contribution < 1.29 is 13.2 Å². The van der Waals surface area contributed by atoms with E-state index in [9.17, 15) is 13.2 Å². The number of carbonyl (C=O) groups is 1. The first-order valence-corrected chi connectivity index (χ1v) is 9.08. The molecule has 0 radical (unpaired) electrons. The molecule has 1 aliphatic rings. The smallest absolute Gasteiger partial charge is 0.246 e. The fraction of sp³-hybridized carbons (Fsp3) is 0.545. The van der Waals surface area contributed by atoms with Gasteiger partial charge in [-0.15, -0.1) is 11.3 Å². The molecule has 0 spiro atoms. The largest absolute Gasteiger partial charge is 0.369 e. The molecule has 20 heavy (non-hydrogen) atoms.